The number of aryl methyl sites for hydroxylation is 1. The number of aliphatic hydroxyl groups excluding tert-OH is 2. The number of esters is 1. The number of ketones is 3. The molecule has 0 amide bonds. The van der Waals surface area contributed by atoms with E-state index in [1.165, 1.54) is 34.3 Å². The SMILES string of the molecule is COCCN=C1CC(=NC2OC(C)C(OC)C(O)C2OC)C(=O)c2cc3c(c(O)c21)C(=O)[C@]1(OC)[C@H](O)Cc2cc(C)c(C(=O)OC)c(O)c2[C@]1(O)C3=O. The molecular formula is C37H42N2O15. The average molecular weight is 755 g/mol. The van der Waals surface area contributed by atoms with E-state index in [4.69, 9.17) is 28.4 Å². The van der Waals surface area contributed by atoms with Crippen LogP contribution in [0.2, 0.25) is 0 Å². The van der Waals surface area contributed by atoms with Crippen LogP contribution in [0.25, 0.3) is 0 Å². The molecule has 290 valence electrons. The normalized spacial score (nSPS) is 31.9. The molecule has 17 heteroatoms. The van der Waals surface area contributed by atoms with Crippen LogP contribution in [0.5, 0.6) is 11.5 Å². The molecule has 4 aliphatic rings. The second kappa shape index (κ2) is 14.3. The van der Waals surface area contributed by atoms with Crippen LogP contribution in [-0.4, -0.2) is 151 Å². The van der Waals surface area contributed by atoms with E-state index >= 15 is 0 Å². The first kappa shape index (κ1) is 39.2. The number of carbonyl (C=O) groups excluding carboxylic acids is 4. The number of hydrogen-bond donors (Lipinski definition) is 5. The number of carbonyl (C=O) groups is 4. The number of aliphatic hydroxyl groups is 3. The molecule has 17 nitrogen and oxygen atoms in total. The van der Waals surface area contributed by atoms with Gasteiger partial charge < -0.3 is 54.0 Å². The van der Waals surface area contributed by atoms with Gasteiger partial charge in [-0.05, 0) is 31.0 Å². The van der Waals surface area contributed by atoms with Crippen LogP contribution in [0, 0.1) is 6.92 Å². The maximum absolute atomic E-state index is 14.8. The van der Waals surface area contributed by atoms with Gasteiger partial charge in [0.15, 0.2) is 17.4 Å². The van der Waals surface area contributed by atoms with E-state index in [9.17, 15) is 44.7 Å². The van der Waals surface area contributed by atoms with Gasteiger partial charge in [-0.25, -0.2) is 4.79 Å². The summed E-state index contributed by atoms with van der Waals surface area (Å²) in [6, 6.07) is 2.37. The topological polar surface area (TPSA) is 250 Å². The van der Waals surface area contributed by atoms with Gasteiger partial charge in [0.1, 0.15) is 35.4 Å². The van der Waals surface area contributed by atoms with Crippen molar-refractivity contribution in [2.75, 3.05) is 48.7 Å². The number of fused-ring (bicyclic) bond motifs is 5. The number of phenols is 2. The minimum Gasteiger partial charge on any atom is -0.507 e. The molecule has 0 bridgehead atoms. The van der Waals surface area contributed by atoms with Crippen molar-refractivity contribution in [3.05, 3.63) is 56.6 Å². The molecule has 1 aliphatic heterocycles. The van der Waals surface area contributed by atoms with E-state index in [-0.39, 0.29) is 53.2 Å². The summed E-state index contributed by atoms with van der Waals surface area (Å²) < 4.78 is 32.4. The smallest absolute Gasteiger partial charge is 0.341 e. The lowest BCUT2D eigenvalue weighted by atomic mass is 9.56. The Kier molecular flexibility index (Phi) is 10.4. The van der Waals surface area contributed by atoms with Gasteiger partial charge in [0, 0.05) is 63.5 Å². The predicted molar refractivity (Wildman–Crippen MR) is 186 cm³/mol. The monoisotopic (exact) mass is 754 g/mol. The highest BCUT2D eigenvalue weighted by Crippen LogP contribution is 2.56. The van der Waals surface area contributed by atoms with Gasteiger partial charge in [-0.1, -0.05) is 6.07 Å². The molecule has 8 atom stereocenters. The summed E-state index contributed by atoms with van der Waals surface area (Å²) in [5, 5.41) is 58.6. The quantitative estimate of drug-likeness (QED) is 0.180. The van der Waals surface area contributed by atoms with E-state index in [1.807, 2.05) is 0 Å². The van der Waals surface area contributed by atoms with Gasteiger partial charge in [0.25, 0.3) is 0 Å². The highest BCUT2D eigenvalue weighted by molar-refractivity contribution is 6.54. The Bertz CT molecular complexity index is 2010. The minimum absolute atomic E-state index is 0.0254. The van der Waals surface area contributed by atoms with Crippen LogP contribution in [0.15, 0.2) is 22.1 Å². The molecule has 54 heavy (non-hydrogen) atoms. The number of hydrogen-bond acceptors (Lipinski definition) is 17. The molecule has 0 saturated carbocycles. The zero-order valence-electron chi connectivity index (χ0n) is 30.7. The molecule has 0 aromatic heterocycles. The van der Waals surface area contributed by atoms with Crippen molar-refractivity contribution in [2.45, 2.75) is 74.6 Å². The number of Topliss-reactive ketones (excluding diaryl/α,β-unsaturated/α-hetero) is 3. The summed E-state index contributed by atoms with van der Waals surface area (Å²) in [5.74, 6) is -6.13. The highest BCUT2D eigenvalue weighted by Gasteiger charge is 2.72. The lowest BCUT2D eigenvalue weighted by Crippen LogP contribution is -2.73. The fraction of sp³-hybridized carbons (Fsp3) is 0.514. The Balaban J connectivity index is 1.59. The van der Waals surface area contributed by atoms with Crippen molar-refractivity contribution in [3.8, 4) is 11.5 Å². The van der Waals surface area contributed by atoms with Crippen LogP contribution < -0.4 is 0 Å². The van der Waals surface area contributed by atoms with Crippen molar-refractivity contribution < 1.29 is 73.1 Å². The van der Waals surface area contributed by atoms with Crippen molar-refractivity contribution in [1.29, 1.82) is 0 Å². The summed E-state index contributed by atoms with van der Waals surface area (Å²) in [7, 11) is 6.20. The van der Waals surface area contributed by atoms with Gasteiger partial charge in [-0.2, -0.15) is 0 Å². The van der Waals surface area contributed by atoms with Crippen LogP contribution in [-0.2, 0) is 40.4 Å². The van der Waals surface area contributed by atoms with Crippen molar-refractivity contribution in [3.63, 3.8) is 0 Å². The van der Waals surface area contributed by atoms with Crippen molar-refractivity contribution >= 4 is 34.7 Å². The number of methoxy groups -OCH3 is 5. The lowest BCUT2D eigenvalue weighted by molar-refractivity contribution is -0.228. The third-order valence-electron chi connectivity index (χ3n) is 10.8. The van der Waals surface area contributed by atoms with E-state index in [0.717, 1.165) is 20.3 Å². The maximum atomic E-state index is 14.8. The standard InChI is InChI=1S/C37H42N2O15/c1-14-10-16-11-21(40)37(53-7)33(46)24-18(32(45)36(37,48)25(16)28(43)22(14)35(47)52-6)12-17-23(27(24)42)19(38-8-9-49-3)13-20(26(17)41)39-34-31(51-5)29(44)30(50-4)15(2)54-34/h10,12,15,21,29-31,34,40,42-44,48H,8-9,11,13H2,1-7H3/t15?,21-,29?,30?,31?,34?,36+,37-/m1/s1. The Morgan fingerprint density at radius 1 is 0.944 bits per heavy atom. The van der Waals surface area contributed by atoms with E-state index in [2.05, 4.69) is 9.98 Å². The largest absolute Gasteiger partial charge is 0.507 e. The first-order chi connectivity index (χ1) is 25.6. The fourth-order valence-corrected chi connectivity index (χ4v) is 8.32. The molecule has 3 aliphatic carbocycles. The molecule has 0 radical (unpaired) electrons. The number of aromatic hydroxyl groups is 2. The third-order valence-corrected chi connectivity index (χ3v) is 10.8. The van der Waals surface area contributed by atoms with Crippen LogP contribution in [0.4, 0.5) is 0 Å². The van der Waals surface area contributed by atoms with Gasteiger partial charge >= 0.3 is 5.97 Å². The Hall–Kier alpha value is -4.46. The number of benzene rings is 2. The zero-order chi connectivity index (χ0) is 39.6. The van der Waals surface area contributed by atoms with Crippen LogP contribution >= 0.6 is 0 Å². The highest BCUT2D eigenvalue weighted by atomic mass is 16.6. The molecule has 5 N–H and O–H groups in total. The first-order valence-electron chi connectivity index (χ1n) is 17.0. The van der Waals surface area contributed by atoms with Crippen molar-refractivity contribution in [1.82, 2.24) is 0 Å². The Morgan fingerprint density at radius 3 is 2.24 bits per heavy atom. The molecule has 1 saturated heterocycles. The van der Waals surface area contributed by atoms with Gasteiger partial charge in [-0.15, -0.1) is 0 Å². The number of phenolic OH excluding ortho intramolecular Hbond substituents is 2. The molecule has 1 heterocycles. The lowest BCUT2D eigenvalue weighted by Gasteiger charge is -2.53. The second-order valence-electron chi connectivity index (χ2n) is 13.6. The molecule has 1 fully saturated rings. The zero-order valence-corrected chi connectivity index (χ0v) is 30.7. The van der Waals surface area contributed by atoms with Gasteiger partial charge in [0.05, 0.1) is 49.5 Å². The molecule has 2 aromatic rings. The van der Waals surface area contributed by atoms with Gasteiger partial charge in [-0.3, -0.25) is 24.4 Å². The van der Waals surface area contributed by atoms with E-state index < -0.39 is 111 Å². The summed E-state index contributed by atoms with van der Waals surface area (Å²) >= 11 is 0. The van der Waals surface area contributed by atoms with E-state index in [1.54, 1.807) is 6.92 Å². The van der Waals surface area contributed by atoms with Crippen LogP contribution in [0.3, 0.4) is 0 Å². The minimum atomic E-state index is -3.20. The first-order valence-corrected chi connectivity index (χ1v) is 17.0. The molecule has 0 spiro atoms. The number of aliphatic imine (C=N–C) groups is 2. The fourth-order valence-electron chi connectivity index (χ4n) is 8.32. The molecular weight excluding hydrogens is 712 g/mol. The molecule has 6 rings (SSSR count). The summed E-state index contributed by atoms with van der Waals surface area (Å²) in [6.45, 7) is 3.29. The second-order valence-corrected chi connectivity index (χ2v) is 13.6. The summed E-state index contributed by atoms with van der Waals surface area (Å²) in [6.07, 6.45) is -7.56. The Labute approximate surface area is 309 Å². The molecule has 2 aromatic carbocycles. The Morgan fingerprint density at radius 2 is 1.63 bits per heavy atom. The predicted octanol–water partition coefficient (Wildman–Crippen LogP) is 0.360. The molecule has 5 unspecified atom stereocenters. The van der Waals surface area contributed by atoms with Crippen LogP contribution in [0.1, 0.15) is 77.0 Å². The van der Waals surface area contributed by atoms with E-state index in [0.29, 0.717) is 0 Å². The third kappa shape index (κ3) is 5.36. The summed E-state index contributed by atoms with van der Waals surface area (Å²) in [4.78, 5) is 65.7. The summed E-state index contributed by atoms with van der Waals surface area (Å²) in [5.41, 5.74) is -8.75. The average Bonchev–Trinajstić information content (AvgIpc) is 3.12. The van der Waals surface area contributed by atoms with Crippen molar-refractivity contribution in [2.24, 2.45) is 9.98 Å². The van der Waals surface area contributed by atoms with Gasteiger partial charge in [0.2, 0.25) is 17.3 Å². The number of rotatable bonds is 8. The maximum Gasteiger partial charge on any atom is 0.341 e. The number of ether oxygens (including phenoxy) is 6. The number of nitrogens with zero attached hydrogens (tertiary/aromatic N) is 2.